The number of carboxylic acid groups (broad SMARTS) is 1. The summed E-state index contributed by atoms with van der Waals surface area (Å²) in [6, 6.07) is 12.1. The summed E-state index contributed by atoms with van der Waals surface area (Å²) in [5.74, 6) is 0.412. The van der Waals surface area contributed by atoms with E-state index in [1.165, 1.54) is 43.9 Å². The van der Waals surface area contributed by atoms with Gasteiger partial charge in [-0.15, -0.1) is 23.1 Å². The molecule has 6 heteroatoms. The molecule has 0 saturated heterocycles. The van der Waals surface area contributed by atoms with Crippen LogP contribution in [0.1, 0.15) is 48.0 Å². The number of carbonyl (C=O) groups is 1. The van der Waals surface area contributed by atoms with Crippen LogP contribution in [0.5, 0.6) is 0 Å². The fraction of sp³-hybridized carbons (Fsp3) is 0.364. The summed E-state index contributed by atoms with van der Waals surface area (Å²) in [6.07, 6.45) is 6.33. The van der Waals surface area contributed by atoms with E-state index in [1.54, 1.807) is 11.3 Å². The number of carboxylic acids is 1. The van der Waals surface area contributed by atoms with Crippen molar-refractivity contribution in [3.05, 3.63) is 52.9 Å². The first-order chi connectivity index (χ1) is 13.7. The molecule has 2 N–H and O–H groups in total. The van der Waals surface area contributed by atoms with Crippen molar-refractivity contribution in [2.45, 2.75) is 42.9 Å². The van der Waals surface area contributed by atoms with Gasteiger partial charge in [0.05, 0.1) is 15.9 Å². The molecule has 1 aliphatic carbocycles. The Kier molecular flexibility index (Phi) is 6.17. The van der Waals surface area contributed by atoms with Crippen LogP contribution in [0.4, 0.5) is 5.69 Å². The molecule has 0 radical (unpaired) electrons. The number of fused-ring (bicyclic) bond motifs is 1. The molecule has 0 bridgehead atoms. The molecule has 0 aliphatic heterocycles. The molecule has 3 aromatic rings. The zero-order chi connectivity index (χ0) is 19.3. The third-order valence-corrected chi connectivity index (χ3v) is 7.25. The first-order valence-corrected chi connectivity index (χ1v) is 11.6. The van der Waals surface area contributed by atoms with Crippen LogP contribution in [-0.4, -0.2) is 22.6 Å². The van der Waals surface area contributed by atoms with Crippen molar-refractivity contribution < 1.29 is 9.90 Å². The highest BCUT2D eigenvalue weighted by Crippen LogP contribution is 2.38. The van der Waals surface area contributed by atoms with Crippen LogP contribution in [0.3, 0.4) is 0 Å². The number of hydrogen-bond acceptors (Lipinski definition) is 5. The number of benzene rings is 1. The molecule has 0 atom stereocenters. The summed E-state index contributed by atoms with van der Waals surface area (Å²) >= 11 is 3.05. The maximum atomic E-state index is 12.2. The molecule has 1 aromatic carbocycles. The van der Waals surface area contributed by atoms with E-state index in [4.69, 9.17) is 0 Å². The van der Waals surface area contributed by atoms with Crippen LogP contribution < -0.4 is 5.32 Å². The molecule has 2 heterocycles. The lowest BCUT2D eigenvalue weighted by Gasteiger charge is -2.23. The van der Waals surface area contributed by atoms with E-state index in [9.17, 15) is 9.90 Å². The second-order valence-corrected chi connectivity index (χ2v) is 9.15. The van der Waals surface area contributed by atoms with Crippen molar-refractivity contribution in [3.8, 4) is 0 Å². The Morgan fingerprint density at radius 3 is 2.71 bits per heavy atom. The van der Waals surface area contributed by atoms with Gasteiger partial charge in [0.2, 0.25) is 0 Å². The Bertz CT molecular complexity index is 950. The highest BCUT2D eigenvalue weighted by atomic mass is 32.2. The molecule has 0 spiro atoms. The number of anilines is 1. The van der Waals surface area contributed by atoms with Crippen molar-refractivity contribution in [3.63, 3.8) is 0 Å². The molecule has 2 aromatic heterocycles. The predicted octanol–water partition coefficient (Wildman–Crippen LogP) is 6.28. The second-order valence-electron chi connectivity index (χ2n) is 7.27. The number of rotatable bonds is 7. The predicted molar refractivity (Wildman–Crippen MR) is 118 cm³/mol. The van der Waals surface area contributed by atoms with Gasteiger partial charge >= 0.3 is 5.97 Å². The van der Waals surface area contributed by atoms with Gasteiger partial charge in [-0.1, -0.05) is 49.6 Å². The monoisotopic (exact) mass is 412 g/mol. The number of pyridine rings is 1. The Hall–Kier alpha value is -2.05. The van der Waals surface area contributed by atoms with Gasteiger partial charge in [-0.3, -0.25) is 0 Å². The average molecular weight is 413 g/mol. The van der Waals surface area contributed by atoms with Crippen molar-refractivity contribution in [1.82, 2.24) is 4.98 Å². The van der Waals surface area contributed by atoms with E-state index in [-0.39, 0.29) is 0 Å². The highest BCUT2D eigenvalue weighted by molar-refractivity contribution is 7.98. The third-order valence-electron chi connectivity index (χ3n) is 5.28. The van der Waals surface area contributed by atoms with Crippen LogP contribution in [-0.2, 0) is 5.75 Å². The van der Waals surface area contributed by atoms with Crippen LogP contribution >= 0.6 is 23.1 Å². The molecule has 1 aliphatic rings. The second kappa shape index (κ2) is 8.97. The molecule has 1 saturated carbocycles. The van der Waals surface area contributed by atoms with Crippen LogP contribution in [0.15, 0.2) is 46.8 Å². The summed E-state index contributed by atoms with van der Waals surface area (Å²) < 4.78 is 0.942. The lowest BCUT2D eigenvalue weighted by atomic mass is 9.89. The SMILES string of the molecule is O=C(O)c1c(SCc2ccccc2)nc2ccsc2c1NCC1CCCCC1. The number of aromatic nitrogens is 1. The summed E-state index contributed by atoms with van der Waals surface area (Å²) in [4.78, 5) is 16.9. The van der Waals surface area contributed by atoms with Crippen molar-refractivity contribution >= 4 is 45.0 Å². The first-order valence-electron chi connectivity index (χ1n) is 9.77. The van der Waals surface area contributed by atoms with Crippen LogP contribution in [0.25, 0.3) is 10.2 Å². The Labute approximate surface area is 173 Å². The summed E-state index contributed by atoms with van der Waals surface area (Å²) in [5, 5.41) is 16.1. The van der Waals surface area contributed by atoms with E-state index in [0.717, 1.165) is 28.0 Å². The van der Waals surface area contributed by atoms with Crippen molar-refractivity contribution in [2.75, 3.05) is 11.9 Å². The number of nitrogens with zero attached hydrogens (tertiary/aromatic N) is 1. The first kappa shape index (κ1) is 19.3. The molecule has 4 rings (SSSR count). The van der Waals surface area contributed by atoms with Crippen LogP contribution in [0.2, 0.25) is 0 Å². The molecular formula is C22H24N2O2S2. The summed E-state index contributed by atoms with van der Waals surface area (Å²) in [6.45, 7) is 0.833. The number of hydrogen-bond donors (Lipinski definition) is 2. The largest absolute Gasteiger partial charge is 0.478 e. The molecule has 0 unspecified atom stereocenters. The summed E-state index contributed by atoms with van der Waals surface area (Å²) in [7, 11) is 0. The van der Waals surface area contributed by atoms with Gasteiger partial charge in [-0.05, 0) is 35.8 Å². The van der Waals surface area contributed by atoms with Gasteiger partial charge in [0.1, 0.15) is 10.6 Å². The number of aromatic carboxylic acids is 1. The minimum Gasteiger partial charge on any atom is -0.478 e. The maximum Gasteiger partial charge on any atom is 0.340 e. The molecule has 1 fully saturated rings. The molecule has 0 amide bonds. The fourth-order valence-corrected chi connectivity index (χ4v) is 5.65. The smallest absolute Gasteiger partial charge is 0.340 e. The van der Waals surface area contributed by atoms with Crippen LogP contribution in [0, 0.1) is 5.92 Å². The van der Waals surface area contributed by atoms with Gasteiger partial charge in [-0.2, -0.15) is 0 Å². The standard InChI is InChI=1S/C22H24N2O2S2/c25-22(26)18-19(23-13-15-7-3-1-4-8-15)20-17(11-12-27-20)24-21(18)28-14-16-9-5-2-6-10-16/h2,5-6,9-12,15H,1,3-4,7-8,13-14H2,(H,23,24)(H,25,26). The van der Waals surface area contributed by atoms with Crippen molar-refractivity contribution in [1.29, 1.82) is 0 Å². The van der Waals surface area contributed by atoms with Gasteiger partial charge in [0.25, 0.3) is 0 Å². The van der Waals surface area contributed by atoms with Crippen molar-refractivity contribution in [2.24, 2.45) is 5.92 Å². The minimum absolute atomic E-state index is 0.312. The number of thiophene rings is 1. The Morgan fingerprint density at radius 1 is 1.18 bits per heavy atom. The fourth-order valence-electron chi connectivity index (χ4n) is 3.80. The number of nitrogens with one attached hydrogen (secondary N) is 1. The maximum absolute atomic E-state index is 12.2. The molecule has 146 valence electrons. The van der Waals surface area contributed by atoms with Gasteiger partial charge in [0, 0.05) is 12.3 Å². The molecule has 4 nitrogen and oxygen atoms in total. The quantitative estimate of drug-likeness (QED) is 0.447. The zero-order valence-electron chi connectivity index (χ0n) is 15.7. The Morgan fingerprint density at radius 2 is 1.96 bits per heavy atom. The lowest BCUT2D eigenvalue weighted by molar-refractivity contribution is 0.0693. The van der Waals surface area contributed by atoms with E-state index < -0.39 is 5.97 Å². The van der Waals surface area contributed by atoms with Gasteiger partial charge in [-0.25, -0.2) is 9.78 Å². The third kappa shape index (κ3) is 4.33. The van der Waals surface area contributed by atoms with E-state index in [0.29, 0.717) is 22.3 Å². The normalized spacial score (nSPS) is 15.0. The highest BCUT2D eigenvalue weighted by Gasteiger charge is 2.23. The molecule has 28 heavy (non-hydrogen) atoms. The van der Waals surface area contributed by atoms with Gasteiger partial charge < -0.3 is 10.4 Å². The summed E-state index contributed by atoms with van der Waals surface area (Å²) in [5.41, 5.74) is 3.09. The topological polar surface area (TPSA) is 62.2 Å². The van der Waals surface area contributed by atoms with E-state index >= 15 is 0 Å². The molecular weight excluding hydrogens is 388 g/mol. The average Bonchev–Trinajstić information content (AvgIpc) is 3.20. The lowest BCUT2D eigenvalue weighted by Crippen LogP contribution is -2.19. The zero-order valence-corrected chi connectivity index (χ0v) is 17.3. The van der Waals surface area contributed by atoms with E-state index in [1.807, 2.05) is 29.6 Å². The Balaban J connectivity index is 1.64. The van der Waals surface area contributed by atoms with Gasteiger partial charge in [0.15, 0.2) is 0 Å². The minimum atomic E-state index is -0.912. The number of thioether (sulfide) groups is 1. The van der Waals surface area contributed by atoms with E-state index in [2.05, 4.69) is 22.4 Å².